The minimum Gasteiger partial charge on any atom is -0.326 e. The molecule has 2 aromatic heterocycles. The maximum absolute atomic E-state index is 11.8. The number of carbonyl (C=O) groups excluding carboxylic acids is 1. The Morgan fingerprint density at radius 3 is 2.77 bits per heavy atom. The smallest absolute Gasteiger partial charge is 0.275 e. The molecule has 110 valence electrons. The molecule has 1 aromatic carbocycles. The van der Waals surface area contributed by atoms with E-state index in [0.717, 1.165) is 11.3 Å². The molecule has 0 aliphatic rings. The summed E-state index contributed by atoms with van der Waals surface area (Å²) in [7, 11) is 0. The average molecular weight is 312 g/mol. The molecule has 1 N–H and O–H groups in total. The number of carbonyl (C=O) groups is 1. The van der Waals surface area contributed by atoms with Crippen molar-refractivity contribution in [2.45, 2.75) is 6.92 Å². The van der Waals surface area contributed by atoms with E-state index in [1.165, 1.54) is 28.8 Å². The first-order chi connectivity index (χ1) is 10.6. The molecule has 1 amide bonds. The first-order valence-corrected chi connectivity index (χ1v) is 7.39. The maximum atomic E-state index is 11.8. The topological polar surface area (TPSA) is 76.4 Å². The Balaban J connectivity index is 1.83. The zero-order chi connectivity index (χ0) is 15.5. The van der Waals surface area contributed by atoms with E-state index >= 15 is 0 Å². The van der Waals surface area contributed by atoms with Crippen LogP contribution in [0.1, 0.15) is 18.2 Å². The molecule has 0 saturated carbocycles. The summed E-state index contributed by atoms with van der Waals surface area (Å²) < 4.78 is 1.27. The van der Waals surface area contributed by atoms with Crippen molar-refractivity contribution in [3.8, 4) is 0 Å². The van der Waals surface area contributed by atoms with Crippen LogP contribution < -0.4 is 10.9 Å². The zero-order valence-corrected chi connectivity index (χ0v) is 12.5. The molecule has 6 nitrogen and oxygen atoms in total. The Morgan fingerprint density at radius 2 is 2.05 bits per heavy atom. The lowest BCUT2D eigenvalue weighted by Gasteiger charge is -2.01. The Bertz CT molecular complexity index is 909. The fourth-order valence-electron chi connectivity index (χ4n) is 1.92. The lowest BCUT2D eigenvalue weighted by Crippen LogP contribution is -2.13. The quantitative estimate of drug-likeness (QED) is 0.805. The molecule has 0 aliphatic carbocycles. The second-order valence-electron chi connectivity index (χ2n) is 4.59. The normalized spacial score (nSPS) is 11.1. The third-order valence-electron chi connectivity index (χ3n) is 2.88. The number of amides is 1. The number of hydrogen-bond donors (Lipinski definition) is 1. The predicted octanol–water partition coefficient (Wildman–Crippen LogP) is 2.28. The minimum absolute atomic E-state index is 0.106. The van der Waals surface area contributed by atoms with Crippen molar-refractivity contribution in [2.75, 3.05) is 5.32 Å². The highest BCUT2D eigenvalue weighted by molar-refractivity contribution is 7.14. The maximum Gasteiger partial charge on any atom is 0.275 e. The average Bonchev–Trinajstić information content (AvgIpc) is 2.95. The summed E-state index contributed by atoms with van der Waals surface area (Å²) in [6, 6.07) is 8.82. The highest BCUT2D eigenvalue weighted by Crippen LogP contribution is 2.12. The molecule has 0 unspecified atom stereocenters. The Kier molecular flexibility index (Phi) is 3.80. The summed E-state index contributed by atoms with van der Waals surface area (Å²) in [6.07, 6.45) is 3.63. The van der Waals surface area contributed by atoms with Crippen LogP contribution in [-0.2, 0) is 4.79 Å². The highest BCUT2D eigenvalue weighted by Gasteiger charge is 2.02. The molecule has 22 heavy (non-hydrogen) atoms. The van der Waals surface area contributed by atoms with Crippen LogP contribution in [0.3, 0.4) is 0 Å². The van der Waals surface area contributed by atoms with Gasteiger partial charge in [-0.3, -0.25) is 9.59 Å². The van der Waals surface area contributed by atoms with E-state index < -0.39 is 0 Å². The van der Waals surface area contributed by atoms with Crippen LogP contribution in [0.25, 0.3) is 17.1 Å². The van der Waals surface area contributed by atoms with Crippen molar-refractivity contribution in [1.82, 2.24) is 14.6 Å². The van der Waals surface area contributed by atoms with Crippen molar-refractivity contribution in [2.24, 2.45) is 0 Å². The molecule has 3 aromatic rings. The second kappa shape index (κ2) is 5.90. The van der Waals surface area contributed by atoms with Crippen LogP contribution in [0.4, 0.5) is 5.69 Å². The summed E-state index contributed by atoms with van der Waals surface area (Å²) >= 11 is 1.31. The van der Waals surface area contributed by atoms with Crippen LogP contribution in [-0.4, -0.2) is 20.5 Å². The van der Waals surface area contributed by atoms with Gasteiger partial charge in [0.1, 0.15) is 5.51 Å². The fraction of sp³-hybridized carbons (Fsp3) is 0.0667. The first-order valence-electron chi connectivity index (χ1n) is 6.51. The monoisotopic (exact) mass is 312 g/mol. The number of nitrogens with one attached hydrogen (secondary N) is 1. The van der Waals surface area contributed by atoms with Gasteiger partial charge in [-0.2, -0.15) is 9.61 Å². The van der Waals surface area contributed by atoms with E-state index in [9.17, 15) is 9.59 Å². The standard InChI is InChI=1S/C15H12N4O2S/c1-10(20)17-12-5-2-11(3-6-12)4-7-13-8-14(21)19-15(18-13)22-9-16-19/h2-9H,1H3,(H,17,20). The molecule has 0 aliphatic heterocycles. The van der Waals surface area contributed by atoms with Gasteiger partial charge in [0, 0.05) is 18.7 Å². The van der Waals surface area contributed by atoms with E-state index in [1.54, 1.807) is 11.6 Å². The number of hydrogen-bond acceptors (Lipinski definition) is 5. The molecule has 0 saturated heterocycles. The molecular weight excluding hydrogens is 300 g/mol. The SMILES string of the molecule is CC(=O)Nc1ccc(C=Cc2cc(=O)n3ncsc3n2)cc1. The van der Waals surface area contributed by atoms with E-state index in [2.05, 4.69) is 15.4 Å². The zero-order valence-electron chi connectivity index (χ0n) is 11.7. The summed E-state index contributed by atoms with van der Waals surface area (Å²) in [6.45, 7) is 1.47. The van der Waals surface area contributed by atoms with Gasteiger partial charge < -0.3 is 5.32 Å². The van der Waals surface area contributed by atoms with Gasteiger partial charge in [0.05, 0.1) is 5.69 Å². The summed E-state index contributed by atoms with van der Waals surface area (Å²) in [5.74, 6) is -0.106. The summed E-state index contributed by atoms with van der Waals surface area (Å²) in [5.41, 5.74) is 3.65. The van der Waals surface area contributed by atoms with Crippen LogP contribution in [0, 0.1) is 0 Å². The fourth-order valence-corrected chi connectivity index (χ4v) is 2.55. The van der Waals surface area contributed by atoms with Gasteiger partial charge in [0.15, 0.2) is 0 Å². The molecule has 0 radical (unpaired) electrons. The molecule has 0 bridgehead atoms. The Hall–Kier alpha value is -2.80. The van der Waals surface area contributed by atoms with Gasteiger partial charge in [0.25, 0.3) is 5.56 Å². The number of benzene rings is 1. The van der Waals surface area contributed by atoms with Crippen molar-refractivity contribution in [3.05, 3.63) is 57.5 Å². The third kappa shape index (κ3) is 3.09. The largest absolute Gasteiger partial charge is 0.326 e. The molecule has 3 rings (SSSR count). The molecule has 0 fully saturated rings. The summed E-state index contributed by atoms with van der Waals surface area (Å²) in [5, 5.41) is 6.62. The van der Waals surface area contributed by atoms with Gasteiger partial charge in [-0.25, -0.2) is 4.98 Å². The number of anilines is 1. The molecule has 7 heteroatoms. The number of aromatic nitrogens is 3. The molecule has 0 atom stereocenters. The Morgan fingerprint density at radius 1 is 1.27 bits per heavy atom. The second-order valence-corrected chi connectivity index (χ2v) is 5.40. The van der Waals surface area contributed by atoms with Gasteiger partial charge in [0.2, 0.25) is 10.9 Å². The van der Waals surface area contributed by atoms with E-state index in [4.69, 9.17) is 0 Å². The van der Waals surface area contributed by atoms with Crippen molar-refractivity contribution >= 4 is 40.0 Å². The van der Waals surface area contributed by atoms with Crippen LogP contribution >= 0.6 is 11.3 Å². The number of rotatable bonds is 3. The Labute approximate surface area is 129 Å². The van der Waals surface area contributed by atoms with Crippen molar-refractivity contribution in [3.63, 3.8) is 0 Å². The first kappa shape index (κ1) is 14.2. The molecule has 2 heterocycles. The van der Waals surface area contributed by atoms with Crippen LogP contribution in [0.15, 0.2) is 40.6 Å². The van der Waals surface area contributed by atoms with Gasteiger partial charge >= 0.3 is 0 Å². The van der Waals surface area contributed by atoms with E-state index in [0.29, 0.717) is 10.7 Å². The third-order valence-corrected chi connectivity index (χ3v) is 3.56. The predicted molar refractivity (Wildman–Crippen MR) is 86.8 cm³/mol. The van der Waals surface area contributed by atoms with Crippen LogP contribution in [0.2, 0.25) is 0 Å². The lowest BCUT2D eigenvalue weighted by atomic mass is 10.2. The summed E-state index contributed by atoms with van der Waals surface area (Å²) in [4.78, 5) is 27.7. The van der Waals surface area contributed by atoms with E-state index in [-0.39, 0.29) is 11.5 Å². The molecular formula is C15H12N4O2S. The van der Waals surface area contributed by atoms with Gasteiger partial charge in [-0.15, -0.1) is 0 Å². The number of fused-ring (bicyclic) bond motifs is 1. The van der Waals surface area contributed by atoms with Gasteiger partial charge in [-0.1, -0.05) is 29.5 Å². The lowest BCUT2D eigenvalue weighted by molar-refractivity contribution is -0.114. The molecule has 0 spiro atoms. The van der Waals surface area contributed by atoms with Crippen molar-refractivity contribution in [1.29, 1.82) is 0 Å². The minimum atomic E-state index is -0.202. The van der Waals surface area contributed by atoms with Gasteiger partial charge in [-0.05, 0) is 23.8 Å². The van der Waals surface area contributed by atoms with Crippen LogP contribution in [0.5, 0.6) is 0 Å². The van der Waals surface area contributed by atoms with Crippen molar-refractivity contribution < 1.29 is 4.79 Å². The number of nitrogens with zero attached hydrogens (tertiary/aromatic N) is 3. The van der Waals surface area contributed by atoms with E-state index in [1.807, 2.05) is 30.3 Å². The highest BCUT2D eigenvalue weighted by atomic mass is 32.1.